The molecule has 2 heterocycles. The number of hydrogen-bond donors (Lipinski definition) is 1. The molecule has 0 aliphatic carbocycles. The number of aliphatic hydroxyl groups is 1. The second kappa shape index (κ2) is 8.80. The number of aryl methyl sites for hydroxylation is 2. The van der Waals surface area contributed by atoms with Crippen LogP contribution in [0.1, 0.15) is 38.1 Å². The van der Waals surface area contributed by atoms with Gasteiger partial charge in [-0.2, -0.15) is 0 Å². The maximum absolute atomic E-state index is 13.2. The molecule has 7 nitrogen and oxygen atoms in total. The van der Waals surface area contributed by atoms with Gasteiger partial charge in [0.2, 0.25) is 0 Å². The van der Waals surface area contributed by atoms with Crippen molar-refractivity contribution in [1.29, 1.82) is 0 Å². The molecule has 0 saturated carbocycles. The number of esters is 1. The third-order valence-electron chi connectivity index (χ3n) is 5.30. The molecule has 168 valence electrons. The molecule has 4 rings (SSSR count). The molecule has 3 aromatic rings. The molecular weight excluding hydrogens is 464 g/mol. The third kappa shape index (κ3) is 4.03. The van der Waals surface area contributed by atoms with Gasteiger partial charge in [-0.05, 0) is 31.5 Å². The highest BCUT2D eigenvalue weighted by atomic mass is 35.5. The molecule has 1 saturated heterocycles. The van der Waals surface area contributed by atoms with Crippen molar-refractivity contribution in [2.45, 2.75) is 19.9 Å². The van der Waals surface area contributed by atoms with Crippen LogP contribution in [-0.2, 0) is 14.3 Å². The summed E-state index contributed by atoms with van der Waals surface area (Å²) >= 11 is 7.14. The lowest BCUT2D eigenvalue weighted by atomic mass is 9.95. The molecule has 1 atom stereocenters. The summed E-state index contributed by atoms with van der Waals surface area (Å²) in [6.45, 7) is 3.52. The van der Waals surface area contributed by atoms with E-state index in [0.717, 1.165) is 16.9 Å². The number of aromatic nitrogens is 1. The lowest BCUT2D eigenvalue weighted by Gasteiger charge is -2.23. The Morgan fingerprint density at radius 3 is 2.48 bits per heavy atom. The lowest BCUT2D eigenvalue weighted by molar-refractivity contribution is -0.132. The molecule has 0 radical (unpaired) electrons. The maximum atomic E-state index is 13.2. The largest absolute Gasteiger partial charge is 0.507 e. The molecule has 1 unspecified atom stereocenters. The summed E-state index contributed by atoms with van der Waals surface area (Å²) in [6.07, 6.45) is 0. The first-order chi connectivity index (χ1) is 15.7. The van der Waals surface area contributed by atoms with Gasteiger partial charge in [-0.1, -0.05) is 64.9 Å². The van der Waals surface area contributed by atoms with Crippen molar-refractivity contribution in [3.63, 3.8) is 0 Å². The van der Waals surface area contributed by atoms with E-state index < -0.39 is 23.7 Å². The first-order valence-corrected chi connectivity index (χ1v) is 11.1. The SMILES string of the molecule is COC(=O)c1sc(N2C(=O)C(=O)C(=C(O)c3ccc(C)cc3)C2c2cccc(Cl)c2)nc1C. The second-order valence-corrected chi connectivity index (χ2v) is 8.91. The van der Waals surface area contributed by atoms with Gasteiger partial charge in [-0.3, -0.25) is 14.5 Å². The normalized spacial score (nSPS) is 17.5. The van der Waals surface area contributed by atoms with E-state index in [4.69, 9.17) is 16.3 Å². The molecule has 0 bridgehead atoms. The highest BCUT2D eigenvalue weighted by Gasteiger charge is 2.48. The fourth-order valence-corrected chi connectivity index (χ4v) is 4.87. The Morgan fingerprint density at radius 1 is 1.15 bits per heavy atom. The summed E-state index contributed by atoms with van der Waals surface area (Å²) in [6, 6.07) is 12.6. The van der Waals surface area contributed by atoms with Crippen molar-refractivity contribution in [2.75, 3.05) is 12.0 Å². The van der Waals surface area contributed by atoms with Crippen molar-refractivity contribution in [1.82, 2.24) is 4.98 Å². The van der Waals surface area contributed by atoms with E-state index in [9.17, 15) is 19.5 Å². The van der Waals surface area contributed by atoms with Crippen LogP contribution < -0.4 is 4.90 Å². The summed E-state index contributed by atoms with van der Waals surface area (Å²) in [7, 11) is 1.25. The summed E-state index contributed by atoms with van der Waals surface area (Å²) in [4.78, 5) is 44.2. The number of thiazole rings is 1. The van der Waals surface area contributed by atoms with Gasteiger partial charge in [0.05, 0.1) is 24.4 Å². The minimum atomic E-state index is -0.985. The van der Waals surface area contributed by atoms with Gasteiger partial charge < -0.3 is 9.84 Å². The number of halogens is 1. The van der Waals surface area contributed by atoms with Crippen LogP contribution in [0.5, 0.6) is 0 Å². The van der Waals surface area contributed by atoms with Gasteiger partial charge in [0.25, 0.3) is 5.78 Å². The molecule has 1 aliphatic heterocycles. The predicted octanol–water partition coefficient (Wildman–Crippen LogP) is 4.83. The summed E-state index contributed by atoms with van der Waals surface area (Å²) in [5.74, 6) is -2.61. The molecule has 2 aromatic carbocycles. The fourth-order valence-electron chi connectivity index (χ4n) is 3.66. The summed E-state index contributed by atoms with van der Waals surface area (Å²) in [5.41, 5.74) is 2.18. The molecule has 1 fully saturated rings. The Labute approximate surface area is 198 Å². The van der Waals surface area contributed by atoms with Crippen LogP contribution in [0.2, 0.25) is 5.02 Å². The van der Waals surface area contributed by atoms with Crippen molar-refractivity contribution >= 4 is 51.5 Å². The van der Waals surface area contributed by atoms with E-state index in [1.54, 1.807) is 55.5 Å². The zero-order chi connectivity index (χ0) is 23.9. The first-order valence-electron chi connectivity index (χ1n) is 9.92. The van der Waals surface area contributed by atoms with E-state index in [2.05, 4.69) is 4.98 Å². The number of methoxy groups -OCH3 is 1. The molecule has 33 heavy (non-hydrogen) atoms. The molecule has 1 N–H and O–H groups in total. The van der Waals surface area contributed by atoms with Crippen molar-refractivity contribution < 1.29 is 24.2 Å². The van der Waals surface area contributed by atoms with Gasteiger partial charge in [0.1, 0.15) is 10.6 Å². The van der Waals surface area contributed by atoms with Gasteiger partial charge in [0, 0.05) is 10.6 Å². The maximum Gasteiger partial charge on any atom is 0.350 e. The third-order valence-corrected chi connectivity index (χ3v) is 6.67. The summed E-state index contributed by atoms with van der Waals surface area (Å²) in [5, 5.41) is 11.7. The first kappa shape index (κ1) is 22.7. The van der Waals surface area contributed by atoms with Crippen LogP contribution in [0, 0.1) is 13.8 Å². The Morgan fingerprint density at radius 2 is 1.85 bits per heavy atom. The minimum Gasteiger partial charge on any atom is -0.507 e. The number of nitrogens with zero attached hydrogens (tertiary/aromatic N) is 2. The lowest BCUT2D eigenvalue weighted by Crippen LogP contribution is -2.29. The van der Waals surface area contributed by atoms with Crippen LogP contribution in [-0.4, -0.2) is 34.9 Å². The number of hydrogen-bond acceptors (Lipinski definition) is 7. The number of rotatable bonds is 4. The number of anilines is 1. The number of ether oxygens (including phenoxy) is 1. The van der Waals surface area contributed by atoms with Crippen LogP contribution in [0.15, 0.2) is 54.1 Å². The quantitative estimate of drug-likeness (QED) is 0.248. The van der Waals surface area contributed by atoms with Crippen molar-refractivity contribution in [3.8, 4) is 0 Å². The summed E-state index contributed by atoms with van der Waals surface area (Å²) < 4.78 is 4.79. The second-order valence-electron chi connectivity index (χ2n) is 7.49. The number of aliphatic hydroxyl groups excluding tert-OH is 1. The Kier molecular flexibility index (Phi) is 6.05. The molecule has 1 aromatic heterocycles. The van der Waals surface area contributed by atoms with E-state index in [0.29, 0.717) is 21.8 Å². The number of benzene rings is 2. The van der Waals surface area contributed by atoms with Crippen LogP contribution in [0.25, 0.3) is 5.76 Å². The van der Waals surface area contributed by atoms with Crippen LogP contribution in [0.3, 0.4) is 0 Å². The predicted molar refractivity (Wildman–Crippen MR) is 126 cm³/mol. The average molecular weight is 483 g/mol. The number of ketones is 1. The van der Waals surface area contributed by atoms with Crippen LogP contribution in [0.4, 0.5) is 5.13 Å². The zero-order valence-electron chi connectivity index (χ0n) is 18.0. The number of amides is 1. The topological polar surface area (TPSA) is 96.8 Å². The van der Waals surface area contributed by atoms with Gasteiger partial charge in [-0.25, -0.2) is 9.78 Å². The van der Waals surface area contributed by atoms with Crippen LogP contribution >= 0.6 is 22.9 Å². The molecule has 9 heteroatoms. The van der Waals surface area contributed by atoms with E-state index >= 15 is 0 Å². The Balaban J connectivity index is 1.94. The Hall–Kier alpha value is -3.49. The van der Waals surface area contributed by atoms with Gasteiger partial charge in [0.15, 0.2) is 5.13 Å². The smallest absolute Gasteiger partial charge is 0.350 e. The Bertz CT molecular complexity index is 1310. The van der Waals surface area contributed by atoms with Gasteiger partial charge in [-0.15, -0.1) is 0 Å². The number of carbonyl (C=O) groups is 3. The van der Waals surface area contributed by atoms with E-state index in [-0.39, 0.29) is 21.3 Å². The average Bonchev–Trinajstić information content (AvgIpc) is 3.30. The highest BCUT2D eigenvalue weighted by molar-refractivity contribution is 7.17. The van der Waals surface area contributed by atoms with Crippen molar-refractivity contribution in [3.05, 3.63) is 86.4 Å². The molecule has 1 aliphatic rings. The van der Waals surface area contributed by atoms with E-state index in [1.807, 2.05) is 6.92 Å². The molecule has 0 spiro atoms. The van der Waals surface area contributed by atoms with E-state index in [1.165, 1.54) is 12.0 Å². The molecule has 1 amide bonds. The zero-order valence-corrected chi connectivity index (χ0v) is 19.5. The monoisotopic (exact) mass is 482 g/mol. The molecular formula is C24H19ClN2O5S. The standard InChI is InChI=1S/C24H19ClN2O5S/c1-12-7-9-14(10-8-12)19(28)17-18(15-5-4-6-16(25)11-15)27(22(30)20(17)29)24-26-13(2)21(33-24)23(31)32-3/h4-11,18,28H,1-3H3. The number of Topliss-reactive ketones (excluding diaryl/α,β-unsaturated/α-hetero) is 1. The number of carbonyl (C=O) groups excluding carboxylic acids is 3. The fraction of sp³-hybridized carbons (Fsp3) is 0.167. The highest BCUT2D eigenvalue weighted by Crippen LogP contribution is 2.44. The van der Waals surface area contributed by atoms with Gasteiger partial charge >= 0.3 is 11.9 Å². The van der Waals surface area contributed by atoms with Crippen molar-refractivity contribution in [2.24, 2.45) is 0 Å². The minimum absolute atomic E-state index is 0.0846.